The molecule has 0 aliphatic heterocycles. The number of amides is 1. The van der Waals surface area contributed by atoms with Crippen LogP contribution in [0.25, 0.3) is 0 Å². The summed E-state index contributed by atoms with van der Waals surface area (Å²) in [6, 6.07) is 1.60. The van der Waals surface area contributed by atoms with Gasteiger partial charge in [0.15, 0.2) is 0 Å². The number of hydrogen-bond donors (Lipinski definition) is 2. The second kappa shape index (κ2) is 6.01. The van der Waals surface area contributed by atoms with Crippen LogP contribution >= 0.6 is 0 Å². The van der Waals surface area contributed by atoms with Crippen LogP contribution in [0.2, 0.25) is 0 Å². The summed E-state index contributed by atoms with van der Waals surface area (Å²) >= 11 is 0. The Morgan fingerprint density at radius 1 is 1.42 bits per heavy atom. The van der Waals surface area contributed by atoms with Crippen molar-refractivity contribution >= 4 is 5.91 Å². The molecular weight excluding hydrogens is 266 g/mol. The Hall–Kier alpha value is -1.63. The second-order valence-corrected chi connectivity index (χ2v) is 3.96. The Kier molecular flexibility index (Phi) is 4.88. The van der Waals surface area contributed by atoms with Crippen molar-refractivity contribution in [3.8, 4) is 0 Å². The number of alkyl halides is 3. The third-order valence-corrected chi connectivity index (χ3v) is 2.51. The summed E-state index contributed by atoms with van der Waals surface area (Å²) in [5.74, 6) is -2.03. The number of hydrogen-bond acceptors (Lipinski definition) is 2. The maximum atomic E-state index is 13.3. The Balaban J connectivity index is 2.90. The number of rotatable bonds is 4. The van der Waals surface area contributed by atoms with Gasteiger partial charge in [-0.15, -0.1) is 0 Å². The topological polar surface area (TPSA) is 49.3 Å². The van der Waals surface area contributed by atoms with E-state index in [4.69, 9.17) is 0 Å². The molecule has 0 aliphatic rings. The van der Waals surface area contributed by atoms with Crippen LogP contribution < -0.4 is 5.32 Å². The monoisotopic (exact) mass is 279 g/mol. The largest absolute Gasteiger partial charge is 0.416 e. The van der Waals surface area contributed by atoms with E-state index in [2.05, 4.69) is 5.32 Å². The average molecular weight is 279 g/mol. The van der Waals surface area contributed by atoms with Crippen LogP contribution in [0.15, 0.2) is 18.2 Å². The minimum absolute atomic E-state index is 0.148. The number of nitrogens with one attached hydrogen (secondary N) is 1. The van der Waals surface area contributed by atoms with Gasteiger partial charge in [0.1, 0.15) is 5.82 Å². The number of carbonyl (C=O) groups excluding carboxylic acids is 1. The summed E-state index contributed by atoms with van der Waals surface area (Å²) < 4.78 is 50.6. The number of aliphatic hydroxyl groups excluding tert-OH is 1. The van der Waals surface area contributed by atoms with Crippen molar-refractivity contribution in [2.45, 2.75) is 25.6 Å². The Labute approximate surface area is 107 Å². The third kappa shape index (κ3) is 4.20. The summed E-state index contributed by atoms with van der Waals surface area (Å²) in [5.41, 5.74) is -1.80. The molecule has 1 rings (SSSR count). The molecule has 0 heterocycles. The van der Waals surface area contributed by atoms with Crippen LogP contribution in [-0.2, 0) is 6.18 Å². The highest BCUT2D eigenvalue weighted by atomic mass is 19.4. The molecule has 1 aromatic rings. The van der Waals surface area contributed by atoms with Gasteiger partial charge in [0.25, 0.3) is 5.91 Å². The lowest BCUT2D eigenvalue weighted by Crippen LogP contribution is -2.32. The summed E-state index contributed by atoms with van der Waals surface area (Å²) in [6.07, 6.45) is -5.10. The molecule has 0 spiro atoms. The van der Waals surface area contributed by atoms with E-state index in [1.54, 1.807) is 6.92 Å². The molecule has 0 aliphatic carbocycles. The molecule has 3 nitrogen and oxygen atoms in total. The molecular formula is C12H13F4NO2. The van der Waals surface area contributed by atoms with Gasteiger partial charge in [0.05, 0.1) is 17.2 Å². The molecule has 7 heteroatoms. The van der Waals surface area contributed by atoms with E-state index in [0.29, 0.717) is 24.6 Å². The third-order valence-electron chi connectivity index (χ3n) is 2.51. The van der Waals surface area contributed by atoms with Crippen molar-refractivity contribution in [2.24, 2.45) is 0 Å². The summed E-state index contributed by atoms with van der Waals surface area (Å²) in [4.78, 5) is 11.5. The zero-order valence-corrected chi connectivity index (χ0v) is 10.1. The predicted octanol–water partition coefficient (Wildman–Crippen LogP) is 2.35. The van der Waals surface area contributed by atoms with E-state index < -0.39 is 35.1 Å². The molecule has 0 radical (unpaired) electrons. The molecule has 2 N–H and O–H groups in total. The van der Waals surface area contributed by atoms with Gasteiger partial charge in [0, 0.05) is 6.54 Å². The zero-order valence-electron chi connectivity index (χ0n) is 10.1. The van der Waals surface area contributed by atoms with Gasteiger partial charge in [-0.25, -0.2) is 4.39 Å². The Morgan fingerprint density at radius 2 is 2.05 bits per heavy atom. The number of benzene rings is 1. The smallest absolute Gasteiger partial charge is 0.391 e. The molecule has 106 valence electrons. The van der Waals surface area contributed by atoms with E-state index in [0.717, 1.165) is 0 Å². The van der Waals surface area contributed by atoms with Crippen LogP contribution in [0.1, 0.15) is 29.3 Å². The second-order valence-electron chi connectivity index (χ2n) is 3.96. The highest BCUT2D eigenvalue weighted by Crippen LogP contribution is 2.30. The van der Waals surface area contributed by atoms with Crippen LogP contribution in [0.3, 0.4) is 0 Å². The van der Waals surface area contributed by atoms with Crippen molar-refractivity contribution in [3.63, 3.8) is 0 Å². The zero-order chi connectivity index (χ0) is 14.6. The van der Waals surface area contributed by atoms with E-state index >= 15 is 0 Å². The molecule has 1 aromatic carbocycles. The lowest BCUT2D eigenvalue weighted by Gasteiger charge is -2.12. The summed E-state index contributed by atoms with van der Waals surface area (Å²) in [5, 5.41) is 11.4. The lowest BCUT2D eigenvalue weighted by molar-refractivity contribution is -0.137. The van der Waals surface area contributed by atoms with Crippen molar-refractivity contribution in [1.82, 2.24) is 5.32 Å². The van der Waals surface area contributed by atoms with Crippen molar-refractivity contribution in [2.75, 3.05) is 6.54 Å². The molecule has 1 unspecified atom stereocenters. The highest BCUT2D eigenvalue weighted by Gasteiger charge is 2.31. The minimum Gasteiger partial charge on any atom is -0.391 e. The molecule has 0 fully saturated rings. The molecule has 0 bridgehead atoms. The van der Waals surface area contributed by atoms with Crippen molar-refractivity contribution < 1.29 is 27.5 Å². The van der Waals surface area contributed by atoms with E-state index in [-0.39, 0.29) is 6.54 Å². The molecule has 19 heavy (non-hydrogen) atoms. The van der Waals surface area contributed by atoms with Gasteiger partial charge in [-0.2, -0.15) is 13.2 Å². The van der Waals surface area contributed by atoms with Gasteiger partial charge < -0.3 is 10.4 Å². The fraction of sp³-hybridized carbons (Fsp3) is 0.417. The molecule has 0 aromatic heterocycles. The van der Waals surface area contributed by atoms with E-state index in [1.165, 1.54) is 0 Å². The number of halogens is 4. The van der Waals surface area contributed by atoms with Crippen molar-refractivity contribution in [1.29, 1.82) is 0 Å². The first-order valence-corrected chi connectivity index (χ1v) is 5.58. The molecule has 0 saturated carbocycles. The fourth-order valence-electron chi connectivity index (χ4n) is 1.33. The van der Waals surface area contributed by atoms with Crippen molar-refractivity contribution in [3.05, 3.63) is 35.1 Å². The maximum Gasteiger partial charge on any atom is 0.416 e. The van der Waals surface area contributed by atoms with Crippen LogP contribution in [0.5, 0.6) is 0 Å². The molecule has 1 amide bonds. The Morgan fingerprint density at radius 3 is 2.58 bits per heavy atom. The normalized spacial score (nSPS) is 13.2. The first-order chi connectivity index (χ1) is 8.75. The fourth-order valence-corrected chi connectivity index (χ4v) is 1.33. The SMILES string of the molecule is CCC(O)CNC(=O)c1cc(C(F)(F)F)ccc1F. The molecule has 1 atom stereocenters. The molecule has 0 saturated heterocycles. The van der Waals surface area contributed by atoms with Crippen LogP contribution in [0, 0.1) is 5.82 Å². The number of aliphatic hydroxyl groups is 1. The number of carbonyl (C=O) groups is 1. The quantitative estimate of drug-likeness (QED) is 0.831. The van der Waals surface area contributed by atoms with Gasteiger partial charge >= 0.3 is 6.18 Å². The van der Waals surface area contributed by atoms with Gasteiger partial charge in [-0.3, -0.25) is 4.79 Å². The predicted molar refractivity (Wildman–Crippen MR) is 60.0 cm³/mol. The van der Waals surface area contributed by atoms with Gasteiger partial charge in [0.2, 0.25) is 0 Å². The average Bonchev–Trinajstić information content (AvgIpc) is 2.34. The van der Waals surface area contributed by atoms with E-state index in [1.807, 2.05) is 0 Å². The minimum atomic E-state index is -4.65. The lowest BCUT2D eigenvalue weighted by atomic mass is 10.1. The van der Waals surface area contributed by atoms with Crippen LogP contribution in [0.4, 0.5) is 17.6 Å². The Bertz CT molecular complexity index is 460. The highest BCUT2D eigenvalue weighted by molar-refractivity contribution is 5.94. The van der Waals surface area contributed by atoms with Crippen LogP contribution in [-0.4, -0.2) is 23.7 Å². The van der Waals surface area contributed by atoms with E-state index in [9.17, 15) is 27.5 Å². The van der Waals surface area contributed by atoms with Gasteiger partial charge in [-0.05, 0) is 24.6 Å². The van der Waals surface area contributed by atoms with Gasteiger partial charge in [-0.1, -0.05) is 6.92 Å². The summed E-state index contributed by atoms with van der Waals surface area (Å²) in [6.45, 7) is 1.52. The summed E-state index contributed by atoms with van der Waals surface area (Å²) in [7, 11) is 0. The first-order valence-electron chi connectivity index (χ1n) is 5.58. The maximum absolute atomic E-state index is 13.3. The first kappa shape index (κ1) is 15.4. The standard InChI is InChI=1S/C12H13F4NO2/c1-2-8(18)6-17-11(19)9-5-7(12(14,15)16)3-4-10(9)13/h3-5,8,18H,2,6H2,1H3,(H,17,19).